The fraction of sp³-hybridized carbons (Fsp3) is 0.800. The highest BCUT2D eigenvalue weighted by Gasteiger charge is 2.31. The zero-order chi connectivity index (χ0) is 19.8. The number of likely N-dealkylation sites (tertiary alicyclic amines) is 1. The van der Waals surface area contributed by atoms with Gasteiger partial charge in [-0.05, 0) is 31.6 Å². The second kappa shape index (κ2) is 10.5. The Morgan fingerprint density at radius 3 is 2.89 bits per heavy atom. The lowest BCUT2D eigenvalue weighted by Crippen LogP contribution is -2.47. The molecular weight excluding hydrogens is 358 g/mol. The number of methoxy groups -OCH3 is 1. The van der Waals surface area contributed by atoms with Crippen LogP contribution >= 0.6 is 0 Å². The maximum Gasteiger partial charge on any atom is 0.225 e. The molecule has 0 bridgehead atoms. The van der Waals surface area contributed by atoms with E-state index in [1.807, 2.05) is 9.47 Å². The first-order chi connectivity index (χ1) is 13.7. The van der Waals surface area contributed by atoms with Gasteiger partial charge in [-0.1, -0.05) is 19.3 Å². The molecule has 1 aromatic heterocycles. The number of ether oxygens (including phenoxy) is 1. The van der Waals surface area contributed by atoms with Crippen molar-refractivity contribution in [1.82, 2.24) is 25.0 Å². The second-order valence-corrected chi connectivity index (χ2v) is 8.04. The van der Waals surface area contributed by atoms with Gasteiger partial charge in [0.15, 0.2) is 5.82 Å². The number of nitrogens with one attached hydrogen (secondary N) is 1. The Morgan fingerprint density at radius 2 is 2.11 bits per heavy atom. The van der Waals surface area contributed by atoms with Gasteiger partial charge in [0, 0.05) is 39.8 Å². The van der Waals surface area contributed by atoms with Gasteiger partial charge >= 0.3 is 0 Å². The molecule has 2 heterocycles. The number of amides is 2. The maximum absolute atomic E-state index is 12.7. The fourth-order valence-corrected chi connectivity index (χ4v) is 4.28. The number of carbonyl (C=O) groups excluding carboxylic acids is 2. The van der Waals surface area contributed by atoms with Gasteiger partial charge in [-0.15, -0.1) is 10.2 Å². The summed E-state index contributed by atoms with van der Waals surface area (Å²) in [5, 5.41) is 11.0. The van der Waals surface area contributed by atoms with E-state index in [1.165, 1.54) is 32.1 Å². The van der Waals surface area contributed by atoms with Crippen molar-refractivity contribution in [2.45, 2.75) is 64.5 Å². The highest BCUT2D eigenvalue weighted by atomic mass is 16.5. The van der Waals surface area contributed by atoms with Crippen LogP contribution in [-0.4, -0.2) is 58.3 Å². The van der Waals surface area contributed by atoms with E-state index in [9.17, 15) is 9.59 Å². The summed E-state index contributed by atoms with van der Waals surface area (Å²) in [4.78, 5) is 26.9. The molecule has 0 aromatic carbocycles. The summed E-state index contributed by atoms with van der Waals surface area (Å²) in [6.45, 7) is 3.16. The first-order valence-electron chi connectivity index (χ1n) is 10.6. The number of aryl methyl sites for hydroxylation is 1. The van der Waals surface area contributed by atoms with Crippen molar-refractivity contribution in [3.8, 4) is 0 Å². The van der Waals surface area contributed by atoms with E-state index in [-0.39, 0.29) is 17.7 Å². The predicted octanol–water partition coefficient (Wildman–Crippen LogP) is 1.75. The molecule has 0 radical (unpaired) electrons. The van der Waals surface area contributed by atoms with Gasteiger partial charge in [-0.3, -0.25) is 9.59 Å². The Labute approximate surface area is 167 Å². The number of hydrogen-bond acceptors (Lipinski definition) is 5. The average Bonchev–Trinajstić information content (AvgIpc) is 3.16. The third-order valence-electron chi connectivity index (χ3n) is 5.94. The number of hydrogen-bond donors (Lipinski definition) is 1. The Hall–Kier alpha value is -1.96. The molecule has 1 aliphatic heterocycles. The average molecular weight is 392 g/mol. The third-order valence-corrected chi connectivity index (χ3v) is 5.94. The van der Waals surface area contributed by atoms with E-state index in [1.54, 1.807) is 13.4 Å². The standard InChI is InChI=1S/C20H33N5O3/c1-28-11-5-10-24-15-22-23-18(24)12-21-20(27)17-8-9-19(26)25(14-17)13-16-6-3-2-4-7-16/h15-17H,2-14H2,1H3,(H,21,27). The minimum atomic E-state index is -0.133. The molecule has 1 saturated heterocycles. The lowest BCUT2D eigenvalue weighted by molar-refractivity contribution is -0.139. The predicted molar refractivity (Wildman–Crippen MR) is 104 cm³/mol. The Morgan fingerprint density at radius 1 is 1.29 bits per heavy atom. The molecule has 1 N–H and O–H groups in total. The van der Waals surface area contributed by atoms with Crippen LogP contribution < -0.4 is 5.32 Å². The topological polar surface area (TPSA) is 89.3 Å². The van der Waals surface area contributed by atoms with Crippen LogP contribution in [0.25, 0.3) is 0 Å². The molecule has 1 aliphatic carbocycles. The Balaban J connectivity index is 1.47. The largest absolute Gasteiger partial charge is 0.385 e. The van der Waals surface area contributed by atoms with Gasteiger partial charge in [0.1, 0.15) is 6.33 Å². The molecule has 156 valence electrons. The van der Waals surface area contributed by atoms with Crippen LogP contribution in [0.15, 0.2) is 6.33 Å². The zero-order valence-electron chi connectivity index (χ0n) is 16.9. The molecule has 1 atom stereocenters. The van der Waals surface area contributed by atoms with Crippen LogP contribution in [0.1, 0.15) is 57.2 Å². The van der Waals surface area contributed by atoms with E-state index < -0.39 is 0 Å². The molecule has 3 rings (SSSR count). The maximum atomic E-state index is 12.7. The SMILES string of the molecule is COCCCn1cnnc1CNC(=O)C1CCC(=O)N(CC2CCCCC2)C1. The molecule has 8 heteroatoms. The number of carbonyl (C=O) groups is 2. The fourth-order valence-electron chi connectivity index (χ4n) is 4.28. The van der Waals surface area contributed by atoms with Crippen molar-refractivity contribution >= 4 is 11.8 Å². The molecule has 0 spiro atoms. The van der Waals surface area contributed by atoms with Gasteiger partial charge in [-0.2, -0.15) is 0 Å². The van der Waals surface area contributed by atoms with Crippen molar-refractivity contribution in [2.75, 3.05) is 26.8 Å². The highest BCUT2D eigenvalue weighted by Crippen LogP contribution is 2.27. The molecule has 2 amide bonds. The smallest absolute Gasteiger partial charge is 0.225 e. The molecule has 28 heavy (non-hydrogen) atoms. The number of piperidine rings is 1. The number of rotatable bonds is 9. The van der Waals surface area contributed by atoms with Crippen LogP contribution in [0.3, 0.4) is 0 Å². The van der Waals surface area contributed by atoms with Gasteiger partial charge in [0.25, 0.3) is 0 Å². The lowest BCUT2D eigenvalue weighted by Gasteiger charge is -2.35. The normalized spacial score (nSPS) is 21.1. The van der Waals surface area contributed by atoms with E-state index in [4.69, 9.17) is 4.74 Å². The summed E-state index contributed by atoms with van der Waals surface area (Å²) in [6.07, 6.45) is 9.91. The third kappa shape index (κ3) is 5.77. The molecule has 2 fully saturated rings. The number of aromatic nitrogens is 3. The van der Waals surface area contributed by atoms with Gasteiger partial charge in [-0.25, -0.2) is 0 Å². The van der Waals surface area contributed by atoms with Gasteiger partial charge in [0.05, 0.1) is 12.5 Å². The van der Waals surface area contributed by atoms with Crippen molar-refractivity contribution < 1.29 is 14.3 Å². The van der Waals surface area contributed by atoms with Crippen molar-refractivity contribution in [2.24, 2.45) is 11.8 Å². The Bertz CT molecular complexity index is 642. The van der Waals surface area contributed by atoms with Crippen LogP contribution in [0.2, 0.25) is 0 Å². The van der Waals surface area contributed by atoms with Gasteiger partial charge < -0.3 is 19.5 Å². The summed E-state index contributed by atoms with van der Waals surface area (Å²) in [5.74, 6) is 1.42. The molecule has 1 saturated carbocycles. The van der Waals surface area contributed by atoms with E-state index in [0.29, 0.717) is 38.5 Å². The van der Waals surface area contributed by atoms with Gasteiger partial charge in [0.2, 0.25) is 11.8 Å². The summed E-state index contributed by atoms with van der Waals surface area (Å²) in [5.41, 5.74) is 0. The van der Waals surface area contributed by atoms with E-state index in [2.05, 4.69) is 15.5 Å². The van der Waals surface area contributed by atoms with Crippen molar-refractivity contribution in [3.63, 3.8) is 0 Å². The minimum absolute atomic E-state index is 0.00702. The first-order valence-corrected chi connectivity index (χ1v) is 10.6. The highest BCUT2D eigenvalue weighted by molar-refractivity contribution is 5.83. The summed E-state index contributed by atoms with van der Waals surface area (Å²) >= 11 is 0. The quantitative estimate of drug-likeness (QED) is 0.648. The van der Waals surface area contributed by atoms with Crippen molar-refractivity contribution in [1.29, 1.82) is 0 Å². The summed E-state index contributed by atoms with van der Waals surface area (Å²) in [6, 6.07) is 0. The first kappa shape index (κ1) is 20.8. The molecule has 2 aliphatic rings. The van der Waals surface area contributed by atoms with E-state index >= 15 is 0 Å². The van der Waals surface area contributed by atoms with Crippen molar-refractivity contribution in [3.05, 3.63) is 12.2 Å². The Kier molecular flexibility index (Phi) is 7.82. The van der Waals surface area contributed by atoms with Crippen LogP contribution in [0.4, 0.5) is 0 Å². The van der Waals surface area contributed by atoms with Crippen LogP contribution in [0, 0.1) is 11.8 Å². The lowest BCUT2D eigenvalue weighted by atomic mass is 9.87. The molecular formula is C20H33N5O3. The second-order valence-electron chi connectivity index (χ2n) is 8.04. The zero-order valence-corrected chi connectivity index (χ0v) is 16.9. The summed E-state index contributed by atoms with van der Waals surface area (Å²) < 4.78 is 7.02. The monoisotopic (exact) mass is 391 g/mol. The molecule has 8 nitrogen and oxygen atoms in total. The molecule has 1 unspecified atom stereocenters. The van der Waals surface area contributed by atoms with E-state index in [0.717, 1.165) is 25.3 Å². The summed E-state index contributed by atoms with van der Waals surface area (Å²) in [7, 11) is 1.68. The minimum Gasteiger partial charge on any atom is -0.385 e. The molecule has 1 aromatic rings. The van der Waals surface area contributed by atoms with Crippen LogP contribution in [0.5, 0.6) is 0 Å². The number of nitrogens with zero attached hydrogens (tertiary/aromatic N) is 4. The van der Waals surface area contributed by atoms with Crippen LogP contribution in [-0.2, 0) is 27.4 Å².